The van der Waals surface area contributed by atoms with Crippen LogP contribution in [-0.4, -0.2) is 10.5 Å². The topological polar surface area (TPSA) is 34.0 Å². The van der Waals surface area contributed by atoms with Crippen molar-refractivity contribution in [2.24, 2.45) is 7.05 Å². The second-order valence-corrected chi connectivity index (χ2v) is 5.81. The molecule has 0 aliphatic heterocycles. The minimum absolute atomic E-state index is 0.00312. The highest BCUT2D eigenvalue weighted by molar-refractivity contribution is 7.17. The van der Waals surface area contributed by atoms with Gasteiger partial charge in [0.2, 0.25) is 0 Å². The molecule has 2 heterocycles. The van der Waals surface area contributed by atoms with Crippen LogP contribution in [0.15, 0.2) is 47.8 Å². The van der Waals surface area contributed by atoms with Gasteiger partial charge in [0.15, 0.2) is 0 Å². The van der Waals surface area contributed by atoms with E-state index >= 15 is 0 Å². The predicted octanol–water partition coefficient (Wildman–Crippen LogP) is 3.73. The van der Waals surface area contributed by atoms with Crippen LogP contribution in [0.2, 0.25) is 0 Å². The zero-order valence-electron chi connectivity index (χ0n) is 11.5. The second-order valence-electron chi connectivity index (χ2n) is 4.86. The second kappa shape index (κ2) is 5.13. The average Bonchev–Trinajstić information content (AvgIpc) is 3.03. The normalized spacial score (nSPS) is 12.5. The summed E-state index contributed by atoms with van der Waals surface area (Å²) in [6, 6.07) is 14.0. The molecule has 0 spiro atoms. The van der Waals surface area contributed by atoms with Crippen LogP contribution in [-0.2, 0) is 7.05 Å². The van der Waals surface area contributed by atoms with Gasteiger partial charge >= 0.3 is 0 Å². The Hall–Kier alpha value is -2.07. The molecular formula is C16H16N2OS. The molecule has 3 aromatic rings. The fourth-order valence-electron chi connectivity index (χ4n) is 2.36. The van der Waals surface area contributed by atoms with Crippen molar-refractivity contribution < 1.29 is 4.79 Å². The van der Waals surface area contributed by atoms with Gasteiger partial charge in [0.1, 0.15) is 5.69 Å². The molecule has 0 aliphatic rings. The SMILES string of the molecule is CC(NC(=O)c1cc2sccc2n1C)c1ccccc1. The lowest BCUT2D eigenvalue weighted by Gasteiger charge is -2.14. The number of carbonyl (C=O) groups excluding carboxylic acids is 1. The first-order chi connectivity index (χ1) is 9.66. The van der Waals surface area contributed by atoms with Crippen LogP contribution >= 0.6 is 11.3 Å². The fourth-order valence-corrected chi connectivity index (χ4v) is 3.21. The summed E-state index contributed by atoms with van der Waals surface area (Å²) in [7, 11) is 1.93. The third kappa shape index (κ3) is 2.23. The van der Waals surface area contributed by atoms with Gasteiger partial charge in [0, 0.05) is 7.05 Å². The van der Waals surface area contributed by atoms with Crippen molar-refractivity contribution in [2.75, 3.05) is 0 Å². The number of fused-ring (bicyclic) bond motifs is 1. The van der Waals surface area contributed by atoms with E-state index < -0.39 is 0 Å². The van der Waals surface area contributed by atoms with Gasteiger partial charge in [0.05, 0.1) is 16.3 Å². The van der Waals surface area contributed by atoms with Crippen LogP contribution < -0.4 is 5.32 Å². The van der Waals surface area contributed by atoms with Crippen LogP contribution in [0.4, 0.5) is 0 Å². The number of nitrogens with zero attached hydrogens (tertiary/aromatic N) is 1. The third-order valence-electron chi connectivity index (χ3n) is 3.54. The maximum Gasteiger partial charge on any atom is 0.268 e. The molecular weight excluding hydrogens is 268 g/mol. The largest absolute Gasteiger partial charge is 0.344 e. The molecule has 0 saturated carbocycles. The standard InChI is InChI=1S/C16H16N2OS/c1-11(12-6-4-3-5-7-12)17-16(19)14-10-15-13(18(14)2)8-9-20-15/h3-11H,1-2H3,(H,17,19). The molecule has 1 amide bonds. The number of nitrogens with one attached hydrogen (secondary N) is 1. The Morgan fingerprint density at radius 1 is 1.25 bits per heavy atom. The van der Waals surface area contributed by atoms with E-state index in [2.05, 4.69) is 5.32 Å². The molecule has 1 aromatic carbocycles. The Morgan fingerprint density at radius 3 is 2.70 bits per heavy atom. The Labute approximate surface area is 121 Å². The molecule has 2 aromatic heterocycles. The maximum absolute atomic E-state index is 12.4. The molecule has 102 valence electrons. The third-order valence-corrected chi connectivity index (χ3v) is 4.40. The molecule has 1 atom stereocenters. The predicted molar refractivity (Wildman–Crippen MR) is 83.1 cm³/mol. The number of hydrogen-bond acceptors (Lipinski definition) is 2. The summed E-state index contributed by atoms with van der Waals surface area (Å²) in [5.41, 5.74) is 2.92. The molecule has 0 saturated heterocycles. The summed E-state index contributed by atoms with van der Waals surface area (Å²) in [6.07, 6.45) is 0. The number of aromatic nitrogens is 1. The lowest BCUT2D eigenvalue weighted by molar-refractivity contribution is 0.0932. The maximum atomic E-state index is 12.4. The Kier molecular flexibility index (Phi) is 3.32. The van der Waals surface area contributed by atoms with Crippen molar-refractivity contribution in [1.29, 1.82) is 0 Å². The van der Waals surface area contributed by atoms with Gasteiger partial charge in [-0.3, -0.25) is 4.79 Å². The molecule has 0 fully saturated rings. The summed E-state index contributed by atoms with van der Waals surface area (Å²) < 4.78 is 3.09. The van der Waals surface area contributed by atoms with Crippen LogP contribution in [0.1, 0.15) is 29.0 Å². The Bertz CT molecular complexity index is 742. The lowest BCUT2D eigenvalue weighted by Crippen LogP contribution is -2.28. The molecule has 3 rings (SSSR count). The Morgan fingerprint density at radius 2 is 2.00 bits per heavy atom. The van der Waals surface area contributed by atoms with Gasteiger partial charge in [-0.25, -0.2) is 0 Å². The highest BCUT2D eigenvalue weighted by Crippen LogP contribution is 2.24. The molecule has 1 N–H and O–H groups in total. The smallest absolute Gasteiger partial charge is 0.268 e. The summed E-state index contributed by atoms with van der Waals surface area (Å²) in [5.74, 6) is -0.0350. The summed E-state index contributed by atoms with van der Waals surface area (Å²) >= 11 is 1.65. The van der Waals surface area contributed by atoms with Crippen molar-refractivity contribution in [3.8, 4) is 0 Å². The number of benzene rings is 1. The van der Waals surface area contributed by atoms with E-state index in [1.807, 2.05) is 66.4 Å². The number of thiophene rings is 1. The minimum Gasteiger partial charge on any atom is -0.344 e. The van der Waals surface area contributed by atoms with Crippen LogP contribution in [0.3, 0.4) is 0 Å². The van der Waals surface area contributed by atoms with Crippen molar-refractivity contribution in [2.45, 2.75) is 13.0 Å². The molecule has 4 heteroatoms. The average molecular weight is 284 g/mol. The molecule has 20 heavy (non-hydrogen) atoms. The van der Waals surface area contributed by atoms with Crippen molar-refractivity contribution in [3.05, 3.63) is 59.1 Å². The van der Waals surface area contributed by atoms with E-state index in [1.165, 1.54) is 0 Å². The van der Waals surface area contributed by atoms with Crippen molar-refractivity contribution >= 4 is 27.5 Å². The van der Waals surface area contributed by atoms with Crippen LogP contribution in [0.25, 0.3) is 10.2 Å². The van der Waals surface area contributed by atoms with E-state index in [0.29, 0.717) is 5.69 Å². The van der Waals surface area contributed by atoms with E-state index in [4.69, 9.17) is 0 Å². The van der Waals surface area contributed by atoms with E-state index in [9.17, 15) is 4.79 Å². The fraction of sp³-hybridized carbons (Fsp3) is 0.188. The van der Waals surface area contributed by atoms with Gasteiger partial charge in [-0.15, -0.1) is 11.3 Å². The summed E-state index contributed by atoms with van der Waals surface area (Å²) in [6.45, 7) is 2.00. The monoisotopic (exact) mass is 284 g/mol. The summed E-state index contributed by atoms with van der Waals surface area (Å²) in [5, 5.41) is 5.09. The van der Waals surface area contributed by atoms with Crippen molar-refractivity contribution in [3.63, 3.8) is 0 Å². The number of aryl methyl sites for hydroxylation is 1. The van der Waals surface area contributed by atoms with Gasteiger partial charge in [-0.05, 0) is 30.0 Å². The first-order valence-corrected chi connectivity index (χ1v) is 7.43. The quantitative estimate of drug-likeness (QED) is 0.781. The molecule has 0 bridgehead atoms. The highest BCUT2D eigenvalue weighted by atomic mass is 32.1. The number of rotatable bonds is 3. The highest BCUT2D eigenvalue weighted by Gasteiger charge is 2.16. The van der Waals surface area contributed by atoms with Crippen molar-refractivity contribution in [1.82, 2.24) is 9.88 Å². The molecule has 0 radical (unpaired) electrons. The zero-order chi connectivity index (χ0) is 14.1. The number of carbonyl (C=O) groups is 1. The molecule has 3 nitrogen and oxygen atoms in total. The first kappa shape index (κ1) is 12.9. The lowest BCUT2D eigenvalue weighted by atomic mass is 10.1. The van der Waals surface area contributed by atoms with Crippen LogP contribution in [0, 0.1) is 0 Å². The van der Waals surface area contributed by atoms with Gasteiger partial charge in [-0.1, -0.05) is 30.3 Å². The van der Waals surface area contributed by atoms with Gasteiger partial charge in [-0.2, -0.15) is 0 Å². The van der Waals surface area contributed by atoms with E-state index in [0.717, 1.165) is 15.8 Å². The molecule has 1 unspecified atom stereocenters. The zero-order valence-corrected chi connectivity index (χ0v) is 12.3. The van der Waals surface area contributed by atoms with E-state index in [-0.39, 0.29) is 11.9 Å². The minimum atomic E-state index is -0.0350. The Balaban J connectivity index is 1.82. The summed E-state index contributed by atoms with van der Waals surface area (Å²) in [4.78, 5) is 12.4. The number of hydrogen-bond donors (Lipinski definition) is 1. The first-order valence-electron chi connectivity index (χ1n) is 6.55. The van der Waals surface area contributed by atoms with E-state index in [1.54, 1.807) is 11.3 Å². The van der Waals surface area contributed by atoms with Gasteiger partial charge < -0.3 is 9.88 Å². The van der Waals surface area contributed by atoms with Gasteiger partial charge in [0.25, 0.3) is 5.91 Å². The molecule has 0 aliphatic carbocycles. The number of amides is 1. The van der Waals surface area contributed by atoms with Crippen LogP contribution in [0.5, 0.6) is 0 Å².